The van der Waals surface area contributed by atoms with Gasteiger partial charge in [-0.25, -0.2) is 0 Å². The third kappa shape index (κ3) is 3.06. The van der Waals surface area contributed by atoms with E-state index in [1.807, 2.05) is 0 Å². The van der Waals surface area contributed by atoms with Gasteiger partial charge in [0.25, 0.3) is 0 Å². The molecule has 1 unspecified atom stereocenters. The van der Waals surface area contributed by atoms with E-state index in [-0.39, 0.29) is 0 Å². The maximum Gasteiger partial charge on any atom is 0.0452 e. The first-order valence-corrected chi connectivity index (χ1v) is 7.79. The summed E-state index contributed by atoms with van der Waals surface area (Å²) in [4.78, 5) is 0.426. The molecule has 0 bridgehead atoms. The zero-order valence-electron chi connectivity index (χ0n) is 10.6. The molecule has 1 atom stereocenters. The van der Waals surface area contributed by atoms with E-state index in [1.54, 1.807) is 0 Å². The Labute approximate surface area is 118 Å². The van der Waals surface area contributed by atoms with E-state index in [1.165, 1.54) is 48.8 Å². The fourth-order valence-corrected chi connectivity index (χ4v) is 4.07. The molecule has 1 saturated carbocycles. The van der Waals surface area contributed by atoms with Crippen molar-refractivity contribution in [1.82, 2.24) is 0 Å². The van der Waals surface area contributed by atoms with Crippen LogP contribution in [0.25, 0.3) is 0 Å². The van der Waals surface area contributed by atoms with Gasteiger partial charge in [-0.05, 0) is 55.4 Å². The smallest absolute Gasteiger partial charge is 0.0452 e. The second-order valence-electron chi connectivity index (χ2n) is 5.26. The van der Waals surface area contributed by atoms with Gasteiger partial charge >= 0.3 is 0 Å². The number of hydrogen-bond donors (Lipinski definition) is 0. The highest BCUT2D eigenvalue weighted by Crippen LogP contribution is 2.42. The second kappa shape index (κ2) is 5.75. The van der Waals surface area contributed by atoms with Gasteiger partial charge in [0.15, 0.2) is 0 Å². The van der Waals surface area contributed by atoms with E-state index in [2.05, 4.69) is 41.9 Å². The zero-order chi connectivity index (χ0) is 12.4. The Balaban J connectivity index is 2.23. The normalized spacial score (nSPS) is 19.3. The Bertz CT molecular complexity index is 394. The van der Waals surface area contributed by atoms with Crippen molar-refractivity contribution in [2.45, 2.75) is 50.8 Å². The molecule has 0 N–H and O–H groups in total. The number of aryl methyl sites for hydroxylation is 2. The molecule has 1 aromatic rings. The molecule has 0 heterocycles. The SMILES string of the molecule is Cc1cc(Cl)c(C(Br)C2CCCCC2)cc1C. The number of alkyl halides is 1. The monoisotopic (exact) mass is 314 g/mol. The quantitative estimate of drug-likeness (QED) is 0.589. The summed E-state index contributed by atoms with van der Waals surface area (Å²) >= 11 is 10.3. The van der Waals surface area contributed by atoms with Crippen LogP contribution in [0.1, 0.15) is 53.6 Å². The molecule has 2 rings (SSSR count). The van der Waals surface area contributed by atoms with Crippen LogP contribution in [0.15, 0.2) is 12.1 Å². The minimum Gasteiger partial charge on any atom is -0.0840 e. The predicted molar refractivity (Wildman–Crippen MR) is 79.2 cm³/mol. The van der Waals surface area contributed by atoms with E-state index in [9.17, 15) is 0 Å². The van der Waals surface area contributed by atoms with Gasteiger partial charge in [-0.2, -0.15) is 0 Å². The molecule has 0 radical (unpaired) electrons. The molecule has 0 aliphatic heterocycles. The van der Waals surface area contributed by atoms with E-state index >= 15 is 0 Å². The van der Waals surface area contributed by atoms with Crippen molar-refractivity contribution in [3.8, 4) is 0 Å². The lowest BCUT2D eigenvalue weighted by Gasteiger charge is -2.27. The maximum atomic E-state index is 6.39. The summed E-state index contributed by atoms with van der Waals surface area (Å²) < 4.78 is 0. The number of benzene rings is 1. The summed E-state index contributed by atoms with van der Waals surface area (Å²) in [5.74, 6) is 0.753. The van der Waals surface area contributed by atoms with Gasteiger partial charge in [-0.15, -0.1) is 0 Å². The standard InChI is InChI=1S/C15H20BrCl/c1-10-8-13(14(17)9-11(10)2)15(16)12-6-4-3-5-7-12/h8-9,12,15H,3-7H2,1-2H3. The lowest BCUT2D eigenvalue weighted by Crippen LogP contribution is -2.12. The van der Waals surface area contributed by atoms with Crippen molar-refractivity contribution in [1.29, 1.82) is 0 Å². The highest BCUT2D eigenvalue weighted by Gasteiger charge is 2.24. The summed E-state index contributed by atoms with van der Waals surface area (Å²) in [6.07, 6.45) is 6.81. The topological polar surface area (TPSA) is 0 Å². The minimum atomic E-state index is 0.426. The van der Waals surface area contributed by atoms with E-state index in [0.717, 1.165) is 10.9 Å². The number of halogens is 2. The molecular formula is C15H20BrCl. The van der Waals surface area contributed by atoms with Gasteiger partial charge in [0.2, 0.25) is 0 Å². The average Bonchev–Trinajstić information content (AvgIpc) is 2.34. The molecule has 0 saturated heterocycles. The van der Waals surface area contributed by atoms with Crippen LogP contribution in [0.4, 0.5) is 0 Å². The first-order chi connectivity index (χ1) is 8.09. The molecule has 1 aromatic carbocycles. The van der Waals surface area contributed by atoms with Crippen molar-refractivity contribution in [2.75, 3.05) is 0 Å². The van der Waals surface area contributed by atoms with E-state index in [4.69, 9.17) is 11.6 Å². The van der Waals surface area contributed by atoms with Crippen LogP contribution in [0.2, 0.25) is 5.02 Å². The molecule has 1 fully saturated rings. The molecule has 0 spiro atoms. The zero-order valence-corrected chi connectivity index (χ0v) is 12.9. The lowest BCUT2D eigenvalue weighted by atomic mass is 9.84. The molecule has 1 aliphatic rings. The van der Waals surface area contributed by atoms with Crippen molar-refractivity contribution in [2.24, 2.45) is 5.92 Å². The second-order valence-corrected chi connectivity index (χ2v) is 6.65. The van der Waals surface area contributed by atoms with Crippen LogP contribution < -0.4 is 0 Å². The van der Waals surface area contributed by atoms with Gasteiger partial charge in [0, 0.05) is 9.85 Å². The Morgan fingerprint density at radius 1 is 1.12 bits per heavy atom. The van der Waals surface area contributed by atoms with Crippen molar-refractivity contribution >= 4 is 27.5 Å². The first-order valence-electron chi connectivity index (χ1n) is 6.50. The Morgan fingerprint density at radius 3 is 2.35 bits per heavy atom. The Hall–Kier alpha value is -0.0100. The largest absolute Gasteiger partial charge is 0.0840 e. The highest BCUT2D eigenvalue weighted by molar-refractivity contribution is 9.09. The van der Waals surface area contributed by atoms with Crippen LogP contribution in [-0.4, -0.2) is 0 Å². The molecule has 0 amide bonds. The summed E-state index contributed by atoms with van der Waals surface area (Å²) in [6.45, 7) is 4.28. The molecule has 94 valence electrons. The molecule has 17 heavy (non-hydrogen) atoms. The predicted octanol–water partition coefficient (Wildman–Crippen LogP) is 5.97. The Kier molecular flexibility index (Phi) is 4.54. The van der Waals surface area contributed by atoms with Gasteiger partial charge in [0.1, 0.15) is 0 Å². The third-order valence-corrected chi connectivity index (χ3v) is 5.54. The summed E-state index contributed by atoms with van der Waals surface area (Å²) in [7, 11) is 0. The number of hydrogen-bond acceptors (Lipinski definition) is 0. The van der Waals surface area contributed by atoms with Crippen LogP contribution in [-0.2, 0) is 0 Å². The van der Waals surface area contributed by atoms with E-state index < -0.39 is 0 Å². The van der Waals surface area contributed by atoms with Crippen molar-refractivity contribution in [3.05, 3.63) is 33.8 Å². The van der Waals surface area contributed by atoms with Crippen LogP contribution in [0.5, 0.6) is 0 Å². The summed E-state index contributed by atoms with van der Waals surface area (Å²) in [5, 5.41) is 0.917. The third-order valence-electron chi connectivity index (χ3n) is 3.97. The highest BCUT2D eigenvalue weighted by atomic mass is 79.9. The first kappa shape index (κ1) is 13.4. The van der Waals surface area contributed by atoms with Gasteiger partial charge in [0.05, 0.1) is 0 Å². The van der Waals surface area contributed by atoms with Crippen LogP contribution in [0, 0.1) is 19.8 Å². The van der Waals surface area contributed by atoms with Gasteiger partial charge in [-0.1, -0.05) is 52.9 Å². The molecular weight excluding hydrogens is 296 g/mol. The minimum absolute atomic E-state index is 0.426. The fraction of sp³-hybridized carbons (Fsp3) is 0.600. The maximum absolute atomic E-state index is 6.39. The van der Waals surface area contributed by atoms with Gasteiger partial charge in [-0.3, -0.25) is 0 Å². The number of rotatable bonds is 2. The summed E-state index contributed by atoms with van der Waals surface area (Å²) in [5.41, 5.74) is 3.90. The molecule has 0 nitrogen and oxygen atoms in total. The van der Waals surface area contributed by atoms with Gasteiger partial charge < -0.3 is 0 Å². The van der Waals surface area contributed by atoms with Crippen LogP contribution >= 0.6 is 27.5 Å². The average molecular weight is 316 g/mol. The Morgan fingerprint density at radius 2 is 1.71 bits per heavy atom. The molecule has 1 aliphatic carbocycles. The van der Waals surface area contributed by atoms with Crippen molar-refractivity contribution < 1.29 is 0 Å². The summed E-state index contributed by atoms with van der Waals surface area (Å²) in [6, 6.07) is 4.36. The molecule has 2 heteroatoms. The van der Waals surface area contributed by atoms with E-state index in [0.29, 0.717) is 4.83 Å². The lowest BCUT2D eigenvalue weighted by molar-refractivity contribution is 0.354. The van der Waals surface area contributed by atoms with Crippen molar-refractivity contribution in [3.63, 3.8) is 0 Å². The molecule has 0 aromatic heterocycles. The van der Waals surface area contributed by atoms with Crippen LogP contribution in [0.3, 0.4) is 0 Å². The fourth-order valence-electron chi connectivity index (χ4n) is 2.70.